The summed E-state index contributed by atoms with van der Waals surface area (Å²) in [6, 6.07) is 0. The van der Waals surface area contributed by atoms with Crippen molar-refractivity contribution in [3.05, 3.63) is 12.3 Å². The second-order valence-electron chi connectivity index (χ2n) is 3.16. The van der Waals surface area contributed by atoms with Crippen molar-refractivity contribution >= 4 is 17.7 Å². The molecule has 0 radical (unpaired) electrons. The number of rotatable bonds is 8. The van der Waals surface area contributed by atoms with E-state index in [9.17, 15) is 14.4 Å². The van der Waals surface area contributed by atoms with Gasteiger partial charge in [-0.25, -0.2) is 0 Å². The zero-order valence-corrected chi connectivity index (χ0v) is 10.9. The summed E-state index contributed by atoms with van der Waals surface area (Å²) in [6.45, 7) is 8.49. The molecule has 0 saturated heterocycles. The molecule has 0 amide bonds. The fourth-order valence-corrected chi connectivity index (χ4v) is 1.17. The van der Waals surface area contributed by atoms with E-state index in [2.05, 4.69) is 16.1 Å². The molecule has 0 aromatic rings. The molecule has 18 heavy (non-hydrogen) atoms. The zero-order valence-electron chi connectivity index (χ0n) is 10.9. The first-order valence-corrected chi connectivity index (χ1v) is 5.68. The molecule has 0 aromatic heterocycles. The minimum Gasteiger partial charge on any atom is -0.491 e. The molecule has 0 saturated carbocycles. The molecule has 0 heterocycles. The Morgan fingerprint density at radius 2 is 1.28 bits per heavy atom. The van der Waals surface area contributed by atoms with E-state index < -0.39 is 23.6 Å². The first-order chi connectivity index (χ1) is 8.49. The normalized spacial score (nSPS) is 9.78. The zero-order chi connectivity index (χ0) is 14.1. The van der Waals surface area contributed by atoms with E-state index in [0.717, 1.165) is 0 Å². The second kappa shape index (κ2) is 8.27. The summed E-state index contributed by atoms with van der Waals surface area (Å²) in [4.78, 5) is 35.0. The number of Topliss-reactive ketones (excluding diaryl/α,β-unsaturated/α-hetero) is 1. The van der Waals surface area contributed by atoms with E-state index in [1.807, 2.05) is 0 Å². The highest BCUT2D eigenvalue weighted by molar-refractivity contribution is 6.19. The molecule has 102 valence electrons. The fraction of sp³-hybridized carbons (Fsp3) is 0.583. The Hall–Kier alpha value is -1.85. The lowest BCUT2D eigenvalue weighted by Gasteiger charge is -2.14. The van der Waals surface area contributed by atoms with Crippen molar-refractivity contribution in [3.8, 4) is 0 Å². The molecule has 0 unspecified atom stereocenters. The van der Waals surface area contributed by atoms with Crippen LogP contribution >= 0.6 is 0 Å². The van der Waals surface area contributed by atoms with Gasteiger partial charge in [-0.2, -0.15) is 0 Å². The van der Waals surface area contributed by atoms with Crippen LogP contribution in [-0.2, 0) is 28.6 Å². The highest BCUT2D eigenvalue weighted by atomic mass is 16.6. The Bertz CT molecular complexity index is 315. The van der Waals surface area contributed by atoms with Gasteiger partial charge in [0, 0.05) is 0 Å². The van der Waals surface area contributed by atoms with Gasteiger partial charge in [0.05, 0.1) is 19.8 Å². The molecule has 0 N–H and O–H groups in total. The summed E-state index contributed by atoms with van der Waals surface area (Å²) in [7, 11) is 0. The predicted molar refractivity (Wildman–Crippen MR) is 62.5 cm³/mol. The number of ketones is 1. The minimum absolute atomic E-state index is 0.0587. The van der Waals surface area contributed by atoms with Gasteiger partial charge in [-0.05, 0) is 20.8 Å². The first kappa shape index (κ1) is 16.1. The Labute approximate surface area is 106 Å². The summed E-state index contributed by atoms with van der Waals surface area (Å²) >= 11 is 0. The van der Waals surface area contributed by atoms with Crippen LogP contribution in [0.2, 0.25) is 0 Å². The number of carbonyl (C=O) groups is 3. The Balaban J connectivity index is 4.96. The third-order valence-corrected chi connectivity index (χ3v) is 1.90. The largest absolute Gasteiger partial charge is 0.491 e. The molecule has 0 aliphatic heterocycles. The maximum Gasteiger partial charge on any atom is 0.328 e. The van der Waals surface area contributed by atoms with E-state index >= 15 is 0 Å². The van der Waals surface area contributed by atoms with Crippen LogP contribution in [0.25, 0.3) is 0 Å². The van der Waals surface area contributed by atoms with Crippen LogP contribution in [0.5, 0.6) is 0 Å². The SMILES string of the molecule is C=C(OCC)C(=O)C(C(=O)OCC)C(=O)OCC. The second-order valence-corrected chi connectivity index (χ2v) is 3.16. The number of hydrogen-bond donors (Lipinski definition) is 0. The Kier molecular flexibility index (Phi) is 7.42. The quantitative estimate of drug-likeness (QED) is 0.278. The molecular weight excluding hydrogens is 240 g/mol. The van der Waals surface area contributed by atoms with Crippen LogP contribution in [0.15, 0.2) is 12.3 Å². The summed E-state index contributed by atoms with van der Waals surface area (Å²) in [5.41, 5.74) is 0. The lowest BCUT2D eigenvalue weighted by Crippen LogP contribution is -2.36. The highest BCUT2D eigenvalue weighted by Gasteiger charge is 2.38. The average Bonchev–Trinajstić information content (AvgIpc) is 2.30. The fourth-order valence-electron chi connectivity index (χ4n) is 1.17. The van der Waals surface area contributed by atoms with Gasteiger partial charge < -0.3 is 14.2 Å². The van der Waals surface area contributed by atoms with Crippen LogP contribution in [0.4, 0.5) is 0 Å². The summed E-state index contributed by atoms with van der Waals surface area (Å²) in [5.74, 6) is -4.68. The lowest BCUT2D eigenvalue weighted by molar-refractivity contribution is -0.164. The Morgan fingerprint density at radius 3 is 1.61 bits per heavy atom. The van der Waals surface area contributed by atoms with E-state index in [0.29, 0.717) is 0 Å². The van der Waals surface area contributed by atoms with E-state index in [1.165, 1.54) is 0 Å². The van der Waals surface area contributed by atoms with Gasteiger partial charge in [0.15, 0.2) is 5.76 Å². The van der Waals surface area contributed by atoms with Gasteiger partial charge in [0.2, 0.25) is 11.7 Å². The van der Waals surface area contributed by atoms with Gasteiger partial charge in [0.25, 0.3) is 0 Å². The van der Waals surface area contributed by atoms with Gasteiger partial charge >= 0.3 is 11.9 Å². The number of allylic oxidation sites excluding steroid dienone is 1. The van der Waals surface area contributed by atoms with Crippen molar-refractivity contribution in [2.45, 2.75) is 20.8 Å². The summed E-state index contributed by atoms with van der Waals surface area (Å²) < 4.78 is 14.2. The maximum atomic E-state index is 11.8. The summed E-state index contributed by atoms with van der Waals surface area (Å²) in [5, 5.41) is 0. The highest BCUT2D eigenvalue weighted by Crippen LogP contribution is 2.11. The third kappa shape index (κ3) is 4.57. The van der Waals surface area contributed by atoms with Gasteiger partial charge in [-0.3, -0.25) is 14.4 Å². The molecule has 0 aromatic carbocycles. The van der Waals surface area contributed by atoms with Gasteiger partial charge in [-0.1, -0.05) is 6.58 Å². The molecule has 0 aliphatic rings. The van der Waals surface area contributed by atoms with Crippen molar-refractivity contribution in [1.82, 2.24) is 0 Å². The molecule has 0 aliphatic carbocycles. The number of esters is 2. The van der Waals surface area contributed by atoms with Crippen molar-refractivity contribution in [2.24, 2.45) is 5.92 Å². The van der Waals surface area contributed by atoms with Gasteiger partial charge in [-0.15, -0.1) is 0 Å². The molecule has 0 rings (SSSR count). The van der Waals surface area contributed by atoms with Crippen LogP contribution < -0.4 is 0 Å². The first-order valence-electron chi connectivity index (χ1n) is 5.68. The summed E-state index contributed by atoms with van der Waals surface area (Å²) in [6.07, 6.45) is 0. The molecule has 0 atom stereocenters. The van der Waals surface area contributed by atoms with E-state index in [1.54, 1.807) is 20.8 Å². The average molecular weight is 258 g/mol. The van der Waals surface area contributed by atoms with Crippen LogP contribution in [0, 0.1) is 5.92 Å². The topological polar surface area (TPSA) is 78.9 Å². The molecule has 0 fully saturated rings. The minimum atomic E-state index is -1.66. The third-order valence-electron chi connectivity index (χ3n) is 1.90. The molecule has 6 heteroatoms. The standard InChI is InChI=1S/C12H18O6/c1-5-16-8(4)10(13)9(11(14)17-6-2)12(15)18-7-3/h9H,4-7H2,1-3H3. The molecular formula is C12H18O6. The van der Waals surface area contributed by atoms with Crippen molar-refractivity contribution in [2.75, 3.05) is 19.8 Å². The smallest absolute Gasteiger partial charge is 0.328 e. The predicted octanol–water partition coefficient (Wildman–Crippen LogP) is 0.848. The lowest BCUT2D eigenvalue weighted by atomic mass is 10.0. The maximum absolute atomic E-state index is 11.8. The van der Waals surface area contributed by atoms with Gasteiger partial charge in [0.1, 0.15) is 0 Å². The monoisotopic (exact) mass is 258 g/mol. The molecule has 6 nitrogen and oxygen atoms in total. The van der Waals surface area contributed by atoms with E-state index in [4.69, 9.17) is 4.74 Å². The van der Waals surface area contributed by atoms with Crippen LogP contribution in [-0.4, -0.2) is 37.5 Å². The number of ether oxygens (including phenoxy) is 3. The Morgan fingerprint density at radius 1 is 0.889 bits per heavy atom. The molecule has 0 spiro atoms. The van der Waals surface area contributed by atoms with Crippen molar-refractivity contribution in [1.29, 1.82) is 0 Å². The van der Waals surface area contributed by atoms with E-state index in [-0.39, 0.29) is 25.6 Å². The van der Waals surface area contributed by atoms with Crippen molar-refractivity contribution in [3.63, 3.8) is 0 Å². The number of carbonyl (C=O) groups excluding carboxylic acids is 3. The van der Waals surface area contributed by atoms with Crippen LogP contribution in [0.3, 0.4) is 0 Å². The van der Waals surface area contributed by atoms with Crippen molar-refractivity contribution < 1.29 is 28.6 Å². The van der Waals surface area contributed by atoms with Crippen LogP contribution in [0.1, 0.15) is 20.8 Å². The number of hydrogen-bond acceptors (Lipinski definition) is 6. The molecule has 0 bridgehead atoms.